The van der Waals surface area contributed by atoms with Crippen LogP contribution in [0.25, 0.3) is 0 Å². The summed E-state index contributed by atoms with van der Waals surface area (Å²) in [5.41, 5.74) is 0.00736. The summed E-state index contributed by atoms with van der Waals surface area (Å²) in [5.74, 6) is 0.849. The van der Waals surface area contributed by atoms with Crippen molar-refractivity contribution in [3.05, 3.63) is 12.2 Å². The van der Waals surface area contributed by atoms with Crippen LogP contribution in [0.5, 0.6) is 0 Å². The van der Waals surface area contributed by atoms with E-state index in [-0.39, 0.29) is 5.41 Å². The summed E-state index contributed by atoms with van der Waals surface area (Å²) in [7, 11) is 0. The van der Waals surface area contributed by atoms with Crippen molar-refractivity contribution in [2.45, 2.75) is 31.3 Å². The molecule has 0 fully saturated rings. The second-order valence-electron chi connectivity index (χ2n) is 3.55. The van der Waals surface area contributed by atoms with Crippen LogP contribution < -0.4 is 0 Å². The standard InChI is InChI=1S/C8H13N3S/c1-8(2,3)6-9-5-10-7(11-6)12-4/h5H,1-4H3. The van der Waals surface area contributed by atoms with Gasteiger partial charge >= 0.3 is 0 Å². The van der Waals surface area contributed by atoms with Gasteiger partial charge in [0.05, 0.1) is 0 Å². The highest BCUT2D eigenvalue weighted by atomic mass is 32.2. The fraction of sp³-hybridized carbons (Fsp3) is 0.625. The van der Waals surface area contributed by atoms with Crippen LogP contribution in [0.2, 0.25) is 0 Å². The van der Waals surface area contributed by atoms with Crippen LogP contribution in [0, 0.1) is 0 Å². The first-order valence-corrected chi connectivity index (χ1v) is 5.00. The molecule has 4 heteroatoms. The molecule has 0 bridgehead atoms. The fourth-order valence-corrected chi connectivity index (χ4v) is 1.07. The van der Waals surface area contributed by atoms with Gasteiger partial charge in [-0.05, 0) is 6.26 Å². The van der Waals surface area contributed by atoms with Gasteiger partial charge in [0.2, 0.25) is 0 Å². The highest BCUT2D eigenvalue weighted by Crippen LogP contribution is 2.18. The largest absolute Gasteiger partial charge is 0.221 e. The summed E-state index contributed by atoms with van der Waals surface area (Å²) in [6.45, 7) is 6.27. The molecule has 0 N–H and O–H groups in total. The van der Waals surface area contributed by atoms with Gasteiger partial charge in [-0.2, -0.15) is 0 Å². The van der Waals surface area contributed by atoms with Gasteiger partial charge < -0.3 is 0 Å². The topological polar surface area (TPSA) is 38.7 Å². The molecule has 66 valence electrons. The molecule has 0 unspecified atom stereocenters. The molecule has 0 aliphatic rings. The van der Waals surface area contributed by atoms with Gasteiger partial charge in [-0.25, -0.2) is 15.0 Å². The van der Waals surface area contributed by atoms with Gasteiger partial charge in [0.25, 0.3) is 0 Å². The first-order valence-electron chi connectivity index (χ1n) is 3.77. The molecule has 12 heavy (non-hydrogen) atoms. The van der Waals surface area contributed by atoms with Crippen molar-refractivity contribution in [1.82, 2.24) is 15.0 Å². The van der Waals surface area contributed by atoms with E-state index in [2.05, 4.69) is 35.7 Å². The SMILES string of the molecule is CSc1ncnc(C(C)(C)C)n1. The Hall–Kier alpha value is -0.640. The third kappa shape index (κ3) is 2.17. The summed E-state index contributed by atoms with van der Waals surface area (Å²) in [5, 5.41) is 0.787. The highest BCUT2D eigenvalue weighted by Gasteiger charge is 2.17. The van der Waals surface area contributed by atoms with Crippen LogP contribution >= 0.6 is 11.8 Å². The number of rotatable bonds is 1. The van der Waals surface area contributed by atoms with Crippen molar-refractivity contribution in [1.29, 1.82) is 0 Å². The molecule has 0 saturated carbocycles. The van der Waals surface area contributed by atoms with Crippen molar-refractivity contribution in [3.8, 4) is 0 Å². The maximum absolute atomic E-state index is 4.30. The summed E-state index contributed by atoms with van der Waals surface area (Å²) < 4.78 is 0. The number of hydrogen-bond acceptors (Lipinski definition) is 4. The van der Waals surface area contributed by atoms with E-state index in [0.29, 0.717) is 0 Å². The molecule has 0 aliphatic heterocycles. The summed E-state index contributed by atoms with van der Waals surface area (Å²) in [4.78, 5) is 12.4. The van der Waals surface area contributed by atoms with Crippen LogP contribution in [0.15, 0.2) is 11.5 Å². The Morgan fingerprint density at radius 3 is 2.42 bits per heavy atom. The predicted octanol–water partition coefficient (Wildman–Crippen LogP) is 1.89. The van der Waals surface area contributed by atoms with Crippen LogP contribution in [0.4, 0.5) is 0 Å². The van der Waals surface area contributed by atoms with E-state index in [4.69, 9.17) is 0 Å². The van der Waals surface area contributed by atoms with Crippen molar-refractivity contribution < 1.29 is 0 Å². The quantitative estimate of drug-likeness (QED) is 0.623. The Labute approximate surface area is 77.0 Å². The summed E-state index contributed by atoms with van der Waals surface area (Å²) >= 11 is 1.54. The first kappa shape index (κ1) is 9.45. The van der Waals surface area contributed by atoms with Gasteiger partial charge in [0.15, 0.2) is 5.16 Å². The van der Waals surface area contributed by atoms with Crippen molar-refractivity contribution >= 4 is 11.8 Å². The second kappa shape index (κ2) is 3.39. The maximum atomic E-state index is 4.30. The lowest BCUT2D eigenvalue weighted by atomic mass is 9.96. The third-order valence-corrected chi connectivity index (χ3v) is 1.96. The lowest BCUT2D eigenvalue weighted by Crippen LogP contribution is -2.16. The minimum Gasteiger partial charge on any atom is -0.221 e. The van der Waals surface area contributed by atoms with Gasteiger partial charge in [0, 0.05) is 5.41 Å². The zero-order chi connectivity index (χ0) is 9.19. The van der Waals surface area contributed by atoms with E-state index in [1.807, 2.05) is 6.26 Å². The van der Waals surface area contributed by atoms with Crippen LogP contribution in [0.1, 0.15) is 26.6 Å². The number of hydrogen-bond donors (Lipinski definition) is 0. The molecule has 1 aromatic heterocycles. The minimum absolute atomic E-state index is 0.00736. The normalized spacial score (nSPS) is 11.7. The smallest absolute Gasteiger partial charge is 0.190 e. The molecule has 1 rings (SSSR count). The molecule has 0 aromatic carbocycles. The van der Waals surface area contributed by atoms with Crippen LogP contribution in [-0.2, 0) is 5.41 Å². The van der Waals surface area contributed by atoms with Crippen molar-refractivity contribution in [2.24, 2.45) is 0 Å². The van der Waals surface area contributed by atoms with E-state index >= 15 is 0 Å². The van der Waals surface area contributed by atoms with Crippen LogP contribution in [-0.4, -0.2) is 21.2 Å². The Kier molecular flexibility index (Phi) is 2.67. The second-order valence-corrected chi connectivity index (χ2v) is 4.32. The predicted molar refractivity (Wildman–Crippen MR) is 50.3 cm³/mol. The molecular formula is C8H13N3S. The minimum atomic E-state index is 0.00736. The van der Waals surface area contributed by atoms with E-state index in [1.165, 1.54) is 11.8 Å². The molecule has 0 aliphatic carbocycles. The number of aromatic nitrogens is 3. The third-order valence-electron chi connectivity index (χ3n) is 1.40. The average molecular weight is 183 g/mol. The molecule has 0 spiro atoms. The molecule has 1 heterocycles. The molecule has 1 aromatic rings. The highest BCUT2D eigenvalue weighted by molar-refractivity contribution is 7.98. The van der Waals surface area contributed by atoms with Crippen LogP contribution in [0.3, 0.4) is 0 Å². The number of thioether (sulfide) groups is 1. The Morgan fingerprint density at radius 2 is 1.92 bits per heavy atom. The van der Waals surface area contributed by atoms with E-state index in [9.17, 15) is 0 Å². The summed E-state index contributed by atoms with van der Waals surface area (Å²) in [6, 6.07) is 0. The molecular weight excluding hydrogens is 170 g/mol. The zero-order valence-corrected chi connectivity index (χ0v) is 8.64. The molecule has 0 amide bonds. The van der Waals surface area contributed by atoms with Gasteiger partial charge in [-0.3, -0.25) is 0 Å². The molecule has 0 radical (unpaired) electrons. The van der Waals surface area contributed by atoms with E-state index in [1.54, 1.807) is 6.33 Å². The monoisotopic (exact) mass is 183 g/mol. The van der Waals surface area contributed by atoms with Gasteiger partial charge in [-0.1, -0.05) is 32.5 Å². The lowest BCUT2D eigenvalue weighted by Gasteiger charge is -2.15. The molecule has 3 nitrogen and oxygen atoms in total. The Balaban J connectivity index is 3.02. The Morgan fingerprint density at radius 1 is 1.25 bits per heavy atom. The van der Waals surface area contributed by atoms with E-state index in [0.717, 1.165) is 11.0 Å². The Bertz CT molecular complexity index is 267. The number of nitrogens with zero attached hydrogens (tertiary/aromatic N) is 3. The summed E-state index contributed by atoms with van der Waals surface area (Å²) in [6.07, 6.45) is 3.53. The van der Waals surface area contributed by atoms with Gasteiger partial charge in [-0.15, -0.1) is 0 Å². The first-order chi connectivity index (χ1) is 5.54. The maximum Gasteiger partial charge on any atom is 0.190 e. The molecule has 0 saturated heterocycles. The average Bonchev–Trinajstić information content (AvgIpc) is 2.03. The fourth-order valence-electron chi connectivity index (χ4n) is 0.741. The van der Waals surface area contributed by atoms with Crippen molar-refractivity contribution in [3.63, 3.8) is 0 Å². The van der Waals surface area contributed by atoms with E-state index < -0.39 is 0 Å². The van der Waals surface area contributed by atoms with Gasteiger partial charge in [0.1, 0.15) is 12.2 Å². The van der Waals surface area contributed by atoms with Crippen molar-refractivity contribution in [2.75, 3.05) is 6.26 Å². The lowest BCUT2D eigenvalue weighted by molar-refractivity contribution is 0.531. The molecule has 0 atom stereocenters. The zero-order valence-electron chi connectivity index (χ0n) is 7.83.